The third kappa shape index (κ3) is 4.16. The third-order valence-corrected chi connectivity index (χ3v) is 4.11. The van der Waals surface area contributed by atoms with Gasteiger partial charge in [0.1, 0.15) is 0 Å². The smallest absolute Gasteiger partial charge is 0.311 e. The van der Waals surface area contributed by atoms with Gasteiger partial charge in [0.2, 0.25) is 11.7 Å². The Balaban J connectivity index is 1.94. The second-order valence-electron chi connectivity index (χ2n) is 5.43. The van der Waals surface area contributed by atoms with Crippen LogP contribution in [-0.2, 0) is 4.79 Å². The van der Waals surface area contributed by atoms with Crippen LogP contribution in [0.2, 0.25) is 0 Å². The summed E-state index contributed by atoms with van der Waals surface area (Å²) in [4.78, 5) is 32.8. The molecule has 0 aliphatic carbocycles. The van der Waals surface area contributed by atoms with E-state index in [0.29, 0.717) is 38.5 Å². The Bertz CT molecular complexity index is 554. The number of pyridine rings is 1. The molecule has 1 fully saturated rings. The second-order valence-corrected chi connectivity index (χ2v) is 5.43. The predicted molar refractivity (Wildman–Crippen MR) is 87.5 cm³/mol. The molecule has 126 valence electrons. The molecule has 1 aromatic heterocycles. The van der Waals surface area contributed by atoms with E-state index < -0.39 is 4.92 Å². The fourth-order valence-corrected chi connectivity index (χ4v) is 2.76. The summed E-state index contributed by atoms with van der Waals surface area (Å²) in [5.74, 6) is 0.541. The van der Waals surface area contributed by atoms with Crippen LogP contribution in [0.5, 0.6) is 0 Å². The van der Waals surface area contributed by atoms with Gasteiger partial charge in [-0.2, -0.15) is 0 Å². The molecule has 0 aromatic carbocycles. The Morgan fingerprint density at radius 3 is 2.52 bits per heavy atom. The molecule has 1 aliphatic heterocycles. The summed E-state index contributed by atoms with van der Waals surface area (Å²) in [6, 6.07) is 3.04. The van der Waals surface area contributed by atoms with Gasteiger partial charge >= 0.3 is 5.69 Å². The van der Waals surface area contributed by atoms with E-state index in [1.54, 1.807) is 12.3 Å². The lowest BCUT2D eigenvalue weighted by Gasteiger charge is -2.35. The van der Waals surface area contributed by atoms with E-state index in [0.717, 1.165) is 13.1 Å². The first-order valence-corrected chi connectivity index (χ1v) is 7.91. The normalized spacial score (nSPS) is 15.5. The van der Waals surface area contributed by atoms with E-state index in [1.807, 2.05) is 23.6 Å². The lowest BCUT2D eigenvalue weighted by atomic mass is 10.2. The number of carbonyl (C=O) groups excluding carboxylic acids is 1. The van der Waals surface area contributed by atoms with E-state index >= 15 is 0 Å². The van der Waals surface area contributed by atoms with Crippen molar-refractivity contribution in [2.24, 2.45) is 0 Å². The van der Waals surface area contributed by atoms with E-state index in [9.17, 15) is 14.9 Å². The Kier molecular flexibility index (Phi) is 5.86. The van der Waals surface area contributed by atoms with Crippen molar-refractivity contribution in [1.82, 2.24) is 14.8 Å². The summed E-state index contributed by atoms with van der Waals surface area (Å²) < 4.78 is 0. The fourth-order valence-electron chi connectivity index (χ4n) is 2.76. The average molecular weight is 321 g/mol. The number of hydrogen-bond donors (Lipinski definition) is 0. The van der Waals surface area contributed by atoms with Gasteiger partial charge in [0.25, 0.3) is 0 Å². The minimum absolute atomic E-state index is 0.0279. The first-order valence-electron chi connectivity index (χ1n) is 7.91. The van der Waals surface area contributed by atoms with Crippen molar-refractivity contribution in [2.75, 3.05) is 50.7 Å². The Hall–Kier alpha value is -2.22. The zero-order chi connectivity index (χ0) is 16.8. The van der Waals surface area contributed by atoms with Gasteiger partial charge in [-0.05, 0) is 19.9 Å². The van der Waals surface area contributed by atoms with E-state index in [1.165, 1.54) is 6.07 Å². The summed E-state index contributed by atoms with van der Waals surface area (Å²) in [5.41, 5.74) is 0.0279. The number of amides is 1. The SMILES string of the molecule is CCN(CC)C(=O)CN1CCN(c2ncccc2[N+](=O)[O-])CC1. The molecule has 1 aliphatic rings. The van der Waals surface area contributed by atoms with Crippen LogP contribution in [0, 0.1) is 10.1 Å². The summed E-state index contributed by atoms with van der Waals surface area (Å²) in [7, 11) is 0. The molecule has 2 heterocycles. The van der Waals surface area contributed by atoms with Gasteiger partial charge in [-0.25, -0.2) is 4.98 Å². The number of hydrogen-bond acceptors (Lipinski definition) is 6. The maximum Gasteiger partial charge on any atom is 0.311 e. The summed E-state index contributed by atoms with van der Waals surface area (Å²) in [5, 5.41) is 11.1. The van der Waals surface area contributed by atoms with Gasteiger partial charge in [0.05, 0.1) is 11.5 Å². The van der Waals surface area contributed by atoms with Crippen molar-refractivity contribution < 1.29 is 9.72 Å². The van der Waals surface area contributed by atoms with Crippen LogP contribution in [0.1, 0.15) is 13.8 Å². The molecule has 0 atom stereocenters. The standard InChI is InChI=1S/C15H23N5O3/c1-3-18(4-2)14(21)12-17-8-10-19(11-9-17)15-13(20(22)23)6-5-7-16-15/h5-7H,3-4,8-12H2,1-2H3. The van der Waals surface area contributed by atoms with E-state index in [4.69, 9.17) is 0 Å². The molecule has 23 heavy (non-hydrogen) atoms. The van der Waals surface area contributed by atoms with Crippen molar-refractivity contribution in [1.29, 1.82) is 0 Å². The number of piperazine rings is 1. The van der Waals surface area contributed by atoms with E-state index in [-0.39, 0.29) is 11.6 Å². The topological polar surface area (TPSA) is 82.8 Å². The van der Waals surface area contributed by atoms with Crippen molar-refractivity contribution >= 4 is 17.4 Å². The maximum absolute atomic E-state index is 12.1. The quantitative estimate of drug-likeness (QED) is 0.574. The van der Waals surface area contributed by atoms with Crippen LogP contribution < -0.4 is 4.90 Å². The van der Waals surface area contributed by atoms with Crippen LogP contribution in [0.3, 0.4) is 0 Å². The Morgan fingerprint density at radius 1 is 1.30 bits per heavy atom. The van der Waals surface area contributed by atoms with Crippen molar-refractivity contribution in [3.8, 4) is 0 Å². The highest BCUT2D eigenvalue weighted by atomic mass is 16.6. The second kappa shape index (κ2) is 7.87. The molecule has 0 N–H and O–H groups in total. The Labute approximate surface area is 135 Å². The van der Waals surface area contributed by atoms with Gasteiger partial charge < -0.3 is 9.80 Å². The number of nitro groups is 1. The van der Waals surface area contributed by atoms with Gasteiger partial charge in [0, 0.05) is 51.5 Å². The molecule has 0 spiro atoms. The number of carbonyl (C=O) groups is 1. The molecular formula is C15H23N5O3. The molecule has 1 aromatic rings. The lowest BCUT2D eigenvalue weighted by molar-refractivity contribution is -0.384. The number of anilines is 1. The third-order valence-electron chi connectivity index (χ3n) is 4.11. The van der Waals surface area contributed by atoms with Crippen LogP contribution >= 0.6 is 0 Å². The lowest BCUT2D eigenvalue weighted by Crippen LogP contribution is -2.50. The molecule has 0 radical (unpaired) electrons. The highest BCUT2D eigenvalue weighted by Crippen LogP contribution is 2.25. The molecule has 8 nitrogen and oxygen atoms in total. The number of likely N-dealkylation sites (N-methyl/N-ethyl adjacent to an activating group) is 1. The average Bonchev–Trinajstić information content (AvgIpc) is 2.56. The van der Waals surface area contributed by atoms with Crippen LogP contribution in [-0.4, -0.2) is 71.4 Å². The predicted octanol–water partition coefficient (Wildman–Crippen LogP) is 0.980. The summed E-state index contributed by atoms with van der Waals surface area (Å²) >= 11 is 0. The van der Waals surface area contributed by atoms with Gasteiger partial charge in [-0.1, -0.05) is 0 Å². The largest absolute Gasteiger partial charge is 0.348 e. The molecule has 2 rings (SSSR count). The highest BCUT2D eigenvalue weighted by Gasteiger charge is 2.25. The van der Waals surface area contributed by atoms with Crippen LogP contribution in [0.15, 0.2) is 18.3 Å². The Morgan fingerprint density at radius 2 is 1.96 bits per heavy atom. The minimum Gasteiger partial charge on any atom is -0.348 e. The molecule has 0 unspecified atom stereocenters. The molecule has 0 saturated carbocycles. The molecule has 1 saturated heterocycles. The molecular weight excluding hydrogens is 298 g/mol. The monoisotopic (exact) mass is 321 g/mol. The van der Waals surface area contributed by atoms with Crippen LogP contribution in [0.4, 0.5) is 11.5 Å². The number of aromatic nitrogens is 1. The molecule has 8 heteroatoms. The van der Waals surface area contributed by atoms with Crippen molar-refractivity contribution in [2.45, 2.75) is 13.8 Å². The van der Waals surface area contributed by atoms with Gasteiger partial charge in [-0.3, -0.25) is 19.8 Å². The highest BCUT2D eigenvalue weighted by molar-refractivity contribution is 5.78. The molecule has 1 amide bonds. The number of rotatable bonds is 6. The molecule has 0 bridgehead atoms. The number of nitrogens with zero attached hydrogens (tertiary/aromatic N) is 5. The van der Waals surface area contributed by atoms with E-state index in [2.05, 4.69) is 9.88 Å². The van der Waals surface area contributed by atoms with Crippen molar-refractivity contribution in [3.05, 3.63) is 28.4 Å². The first-order chi connectivity index (χ1) is 11.1. The minimum atomic E-state index is -0.404. The van der Waals surface area contributed by atoms with Crippen LogP contribution in [0.25, 0.3) is 0 Å². The summed E-state index contributed by atoms with van der Waals surface area (Å²) in [6.07, 6.45) is 1.57. The zero-order valence-corrected chi connectivity index (χ0v) is 13.6. The van der Waals surface area contributed by atoms with Crippen molar-refractivity contribution in [3.63, 3.8) is 0 Å². The van der Waals surface area contributed by atoms with Gasteiger partial charge in [0.15, 0.2) is 0 Å². The maximum atomic E-state index is 12.1. The first kappa shape index (κ1) is 17.1. The zero-order valence-electron chi connectivity index (χ0n) is 13.6. The summed E-state index contributed by atoms with van der Waals surface area (Å²) in [6.45, 7) is 8.43. The fraction of sp³-hybridized carbons (Fsp3) is 0.600. The van der Waals surface area contributed by atoms with Gasteiger partial charge in [-0.15, -0.1) is 0 Å².